The van der Waals surface area contributed by atoms with Crippen molar-refractivity contribution in [1.82, 2.24) is 19.9 Å². The van der Waals surface area contributed by atoms with E-state index in [0.29, 0.717) is 12.1 Å². The Labute approximate surface area is 176 Å². The summed E-state index contributed by atoms with van der Waals surface area (Å²) >= 11 is 0. The Balaban J connectivity index is 1.38. The molecule has 0 aliphatic carbocycles. The van der Waals surface area contributed by atoms with E-state index in [1.54, 1.807) is 22.9 Å². The fourth-order valence-electron chi connectivity index (χ4n) is 4.02. The minimum atomic E-state index is -3.27. The van der Waals surface area contributed by atoms with Gasteiger partial charge < -0.3 is 0 Å². The van der Waals surface area contributed by atoms with Crippen molar-refractivity contribution < 1.29 is 12.8 Å². The molecule has 0 bridgehead atoms. The van der Waals surface area contributed by atoms with Crippen LogP contribution in [0.25, 0.3) is 5.69 Å². The number of likely N-dealkylation sites (tertiary alicyclic amines) is 1. The van der Waals surface area contributed by atoms with Crippen molar-refractivity contribution in [3.8, 4) is 5.69 Å². The van der Waals surface area contributed by atoms with E-state index in [1.165, 1.54) is 0 Å². The third-order valence-electron chi connectivity index (χ3n) is 5.50. The number of hydrogen-bond acceptors (Lipinski definition) is 5. The van der Waals surface area contributed by atoms with Crippen molar-refractivity contribution in [2.45, 2.75) is 31.1 Å². The lowest BCUT2D eigenvalue weighted by atomic mass is 9.88. The number of hydrogen-bond donors (Lipinski definition) is 0. The molecule has 30 heavy (non-hydrogen) atoms. The molecule has 158 valence electrons. The molecule has 8 heteroatoms. The standard InChI is InChI=1S/C22H25FN4O2S/c1-30(28,29)16-18-6-5-9-21(22(18)23)17-10-12-26(13-11-17)14-19-15-27(25-24-19)20-7-3-2-4-8-20/h2-9,15,17H,10-14,16H2,1H3. The summed E-state index contributed by atoms with van der Waals surface area (Å²) in [5.41, 5.74) is 2.76. The van der Waals surface area contributed by atoms with Crippen LogP contribution >= 0.6 is 0 Å². The van der Waals surface area contributed by atoms with Crippen LogP contribution < -0.4 is 0 Å². The molecule has 3 aromatic rings. The molecule has 1 saturated heterocycles. The number of benzene rings is 2. The number of halogens is 1. The van der Waals surface area contributed by atoms with Crippen molar-refractivity contribution in [1.29, 1.82) is 0 Å². The van der Waals surface area contributed by atoms with Crippen molar-refractivity contribution in [3.63, 3.8) is 0 Å². The van der Waals surface area contributed by atoms with Crippen LogP contribution in [0.4, 0.5) is 4.39 Å². The molecule has 1 aliphatic heterocycles. The van der Waals surface area contributed by atoms with Gasteiger partial charge in [0.2, 0.25) is 0 Å². The van der Waals surface area contributed by atoms with Crippen molar-refractivity contribution in [3.05, 3.63) is 77.4 Å². The molecule has 1 fully saturated rings. The lowest BCUT2D eigenvalue weighted by Gasteiger charge is -2.32. The highest BCUT2D eigenvalue weighted by molar-refractivity contribution is 7.89. The first-order valence-corrected chi connectivity index (χ1v) is 12.1. The fraction of sp³-hybridized carbons (Fsp3) is 0.364. The molecule has 0 radical (unpaired) electrons. The SMILES string of the molecule is CS(=O)(=O)Cc1cccc(C2CCN(Cc3cn(-c4ccccc4)nn3)CC2)c1F. The minimum absolute atomic E-state index is 0.0979. The highest BCUT2D eigenvalue weighted by Crippen LogP contribution is 2.31. The quantitative estimate of drug-likeness (QED) is 0.602. The molecule has 0 spiro atoms. The molecule has 1 aliphatic rings. The smallest absolute Gasteiger partial charge is 0.151 e. The van der Waals surface area contributed by atoms with Crippen LogP contribution in [0.3, 0.4) is 0 Å². The maximum Gasteiger partial charge on any atom is 0.151 e. The second-order valence-corrected chi connectivity index (χ2v) is 10.1. The molecule has 0 unspecified atom stereocenters. The number of sulfone groups is 1. The first-order valence-electron chi connectivity index (χ1n) is 10.0. The Hall–Kier alpha value is -2.58. The van der Waals surface area contributed by atoms with Crippen LogP contribution in [-0.4, -0.2) is 47.7 Å². The Morgan fingerprint density at radius 1 is 1.07 bits per heavy atom. The highest BCUT2D eigenvalue weighted by atomic mass is 32.2. The molecule has 1 aromatic heterocycles. The summed E-state index contributed by atoms with van der Waals surface area (Å²) in [7, 11) is -3.27. The largest absolute Gasteiger partial charge is 0.297 e. The highest BCUT2D eigenvalue weighted by Gasteiger charge is 2.25. The third kappa shape index (κ3) is 4.94. The first kappa shape index (κ1) is 20.7. The average Bonchev–Trinajstić information content (AvgIpc) is 3.19. The van der Waals surface area contributed by atoms with Crippen LogP contribution in [0.15, 0.2) is 54.7 Å². The van der Waals surface area contributed by atoms with Crippen molar-refractivity contribution >= 4 is 9.84 Å². The normalized spacial score (nSPS) is 16.1. The van der Waals surface area contributed by atoms with Crippen LogP contribution in [0, 0.1) is 5.82 Å². The number of para-hydroxylation sites is 1. The zero-order valence-corrected chi connectivity index (χ0v) is 17.7. The van der Waals surface area contributed by atoms with Crippen LogP contribution in [0.5, 0.6) is 0 Å². The van der Waals surface area contributed by atoms with Crippen LogP contribution in [0.1, 0.15) is 35.6 Å². The van der Waals surface area contributed by atoms with E-state index >= 15 is 0 Å². The predicted octanol–water partition coefficient (Wildman–Crippen LogP) is 3.33. The minimum Gasteiger partial charge on any atom is -0.297 e. The number of nitrogens with zero attached hydrogens (tertiary/aromatic N) is 4. The summed E-state index contributed by atoms with van der Waals surface area (Å²) in [5, 5.41) is 8.48. The van der Waals surface area contributed by atoms with Crippen molar-refractivity contribution in [2.75, 3.05) is 19.3 Å². The number of piperidine rings is 1. The number of rotatable bonds is 6. The average molecular weight is 429 g/mol. The van der Waals surface area contributed by atoms with Gasteiger partial charge in [0.25, 0.3) is 0 Å². The van der Waals surface area contributed by atoms with Gasteiger partial charge >= 0.3 is 0 Å². The van der Waals surface area contributed by atoms with Gasteiger partial charge in [-0.05, 0) is 49.5 Å². The van der Waals surface area contributed by atoms with Gasteiger partial charge in [0.1, 0.15) is 5.82 Å². The van der Waals surface area contributed by atoms with Crippen LogP contribution in [0.2, 0.25) is 0 Å². The molecule has 2 aromatic carbocycles. The Bertz CT molecular complexity index is 1110. The van der Waals surface area contributed by atoms with E-state index in [2.05, 4.69) is 15.2 Å². The van der Waals surface area contributed by atoms with E-state index in [9.17, 15) is 12.8 Å². The summed E-state index contributed by atoms with van der Waals surface area (Å²) in [4.78, 5) is 2.30. The molecular formula is C22H25FN4O2S. The summed E-state index contributed by atoms with van der Waals surface area (Å²) in [6.07, 6.45) is 4.72. The van der Waals surface area contributed by atoms with E-state index in [0.717, 1.165) is 43.6 Å². The second-order valence-electron chi connectivity index (χ2n) is 7.93. The van der Waals surface area contributed by atoms with E-state index in [1.807, 2.05) is 36.5 Å². The first-order chi connectivity index (χ1) is 14.4. The Morgan fingerprint density at radius 3 is 2.50 bits per heavy atom. The maximum atomic E-state index is 14.9. The van der Waals surface area contributed by atoms with E-state index in [-0.39, 0.29) is 23.1 Å². The van der Waals surface area contributed by atoms with Gasteiger partial charge in [-0.15, -0.1) is 5.10 Å². The molecule has 0 amide bonds. The van der Waals surface area contributed by atoms with Gasteiger partial charge in [0, 0.05) is 18.4 Å². The molecule has 0 atom stereocenters. The summed E-state index contributed by atoms with van der Waals surface area (Å²) < 4.78 is 39.8. The van der Waals surface area contributed by atoms with Gasteiger partial charge in [-0.2, -0.15) is 0 Å². The number of aromatic nitrogens is 3. The molecule has 4 rings (SSSR count). The third-order valence-corrected chi connectivity index (χ3v) is 6.34. The zero-order valence-electron chi connectivity index (χ0n) is 16.9. The van der Waals surface area contributed by atoms with Gasteiger partial charge in [0.05, 0.1) is 23.3 Å². The predicted molar refractivity (Wildman–Crippen MR) is 114 cm³/mol. The summed E-state index contributed by atoms with van der Waals surface area (Å²) in [6, 6.07) is 15.0. The van der Waals surface area contributed by atoms with E-state index in [4.69, 9.17) is 0 Å². The van der Waals surface area contributed by atoms with Gasteiger partial charge in [-0.25, -0.2) is 17.5 Å². The Kier molecular flexibility index (Phi) is 5.97. The van der Waals surface area contributed by atoms with Gasteiger partial charge in [0.15, 0.2) is 9.84 Å². The maximum absolute atomic E-state index is 14.9. The molecular weight excluding hydrogens is 403 g/mol. The van der Waals surface area contributed by atoms with E-state index < -0.39 is 9.84 Å². The molecule has 0 saturated carbocycles. The Morgan fingerprint density at radius 2 is 1.80 bits per heavy atom. The molecule has 2 heterocycles. The molecule has 0 N–H and O–H groups in total. The van der Waals surface area contributed by atoms with Gasteiger partial charge in [-0.3, -0.25) is 4.90 Å². The van der Waals surface area contributed by atoms with Crippen LogP contribution in [-0.2, 0) is 22.1 Å². The monoisotopic (exact) mass is 428 g/mol. The lowest BCUT2D eigenvalue weighted by Crippen LogP contribution is -2.32. The zero-order chi connectivity index (χ0) is 21.1. The molecule has 6 nitrogen and oxygen atoms in total. The second kappa shape index (κ2) is 8.65. The van der Waals surface area contributed by atoms with Gasteiger partial charge in [-0.1, -0.05) is 41.6 Å². The topological polar surface area (TPSA) is 68.1 Å². The lowest BCUT2D eigenvalue weighted by molar-refractivity contribution is 0.201. The van der Waals surface area contributed by atoms with Crippen molar-refractivity contribution in [2.24, 2.45) is 0 Å². The summed E-state index contributed by atoms with van der Waals surface area (Å²) in [6.45, 7) is 2.37. The fourth-order valence-corrected chi connectivity index (χ4v) is 4.81. The summed E-state index contributed by atoms with van der Waals surface area (Å²) in [5.74, 6) is -0.532.